The molecular weight excluding hydrogens is 281 g/mol. The number of hydrogen-bond donors (Lipinski definition) is 2. The van der Waals surface area contributed by atoms with Crippen LogP contribution in [-0.2, 0) is 11.3 Å². The minimum Gasteiger partial charge on any atom is -0.349 e. The maximum Gasteiger partial charge on any atom is 0.237 e. The topological polar surface area (TPSA) is 54.0 Å². The minimum absolute atomic E-state index is 0. The predicted octanol–water partition coefficient (Wildman–Crippen LogP) is 1.66. The van der Waals surface area contributed by atoms with Gasteiger partial charge in [-0.1, -0.05) is 0 Å². The van der Waals surface area contributed by atoms with E-state index in [1.807, 2.05) is 12.3 Å². The zero-order valence-electron chi connectivity index (χ0n) is 9.56. The van der Waals surface area contributed by atoms with Crippen molar-refractivity contribution < 1.29 is 4.79 Å². The maximum atomic E-state index is 11.6. The molecule has 1 amide bonds. The van der Waals surface area contributed by atoms with Gasteiger partial charge >= 0.3 is 0 Å². The molecule has 1 aliphatic heterocycles. The van der Waals surface area contributed by atoms with Gasteiger partial charge in [-0.05, 0) is 26.3 Å². The SMILES string of the molecule is Cc1nc(CNC(=O)C2CCCN2)cs1.Cl.Cl. The summed E-state index contributed by atoms with van der Waals surface area (Å²) in [6, 6.07) is 0.00438. The zero-order chi connectivity index (χ0) is 10.7. The highest BCUT2D eigenvalue weighted by atomic mass is 35.5. The molecule has 1 aromatic heterocycles. The lowest BCUT2D eigenvalue weighted by Gasteiger charge is -2.09. The summed E-state index contributed by atoms with van der Waals surface area (Å²) in [5.74, 6) is 0.0955. The largest absolute Gasteiger partial charge is 0.349 e. The van der Waals surface area contributed by atoms with Crippen molar-refractivity contribution in [3.8, 4) is 0 Å². The van der Waals surface area contributed by atoms with E-state index in [1.54, 1.807) is 11.3 Å². The Kier molecular flexibility index (Phi) is 7.70. The van der Waals surface area contributed by atoms with E-state index in [0.29, 0.717) is 6.54 Å². The lowest BCUT2D eigenvalue weighted by atomic mass is 10.2. The Morgan fingerprint density at radius 3 is 2.94 bits per heavy atom. The van der Waals surface area contributed by atoms with Crippen LogP contribution in [0.3, 0.4) is 0 Å². The van der Waals surface area contributed by atoms with Gasteiger partial charge in [0, 0.05) is 5.38 Å². The van der Waals surface area contributed by atoms with Crippen molar-refractivity contribution in [1.82, 2.24) is 15.6 Å². The third kappa shape index (κ3) is 4.79. The molecule has 1 aliphatic rings. The molecule has 4 nitrogen and oxygen atoms in total. The Labute approximate surface area is 117 Å². The zero-order valence-corrected chi connectivity index (χ0v) is 12.0. The van der Waals surface area contributed by atoms with E-state index in [0.717, 1.165) is 30.1 Å². The van der Waals surface area contributed by atoms with Crippen LogP contribution in [0.15, 0.2) is 5.38 Å². The van der Waals surface area contributed by atoms with Gasteiger partial charge in [0.15, 0.2) is 0 Å². The lowest BCUT2D eigenvalue weighted by molar-refractivity contribution is -0.122. The number of rotatable bonds is 3. The molecule has 2 rings (SSSR count). The lowest BCUT2D eigenvalue weighted by Crippen LogP contribution is -2.40. The highest BCUT2D eigenvalue weighted by Gasteiger charge is 2.21. The minimum atomic E-state index is 0. The molecule has 1 saturated heterocycles. The van der Waals surface area contributed by atoms with Crippen molar-refractivity contribution in [2.75, 3.05) is 6.54 Å². The van der Waals surface area contributed by atoms with Crippen molar-refractivity contribution in [2.24, 2.45) is 0 Å². The third-order valence-corrected chi connectivity index (χ3v) is 3.31. The standard InChI is InChI=1S/C10H15N3OS.2ClH/c1-7-13-8(6-15-7)5-12-10(14)9-3-2-4-11-9;;/h6,9,11H,2-5H2,1H3,(H,12,14);2*1H. The second-order valence-corrected chi connectivity index (χ2v) is 4.79. The third-order valence-electron chi connectivity index (χ3n) is 2.49. The van der Waals surface area contributed by atoms with Crippen molar-refractivity contribution >= 4 is 42.1 Å². The summed E-state index contributed by atoms with van der Waals surface area (Å²) in [5.41, 5.74) is 0.948. The molecule has 2 N–H and O–H groups in total. The Bertz CT molecular complexity index is 353. The molecule has 0 saturated carbocycles. The Morgan fingerprint density at radius 2 is 2.41 bits per heavy atom. The van der Waals surface area contributed by atoms with Gasteiger partial charge in [-0.25, -0.2) is 4.98 Å². The van der Waals surface area contributed by atoms with Crippen molar-refractivity contribution in [1.29, 1.82) is 0 Å². The van der Waals surface area contributed by atoms with E-state index in [2.05, 4.69) is 15.6 Å². The first-order chi connectivity index (χ1) is 7.25. The maximum absolute atomic E-state index is 11.6. The fraction of sp³-hybridized carbons (Fsp3) is 0.600. The van der Waals surface area contributed by atoms with E-state index in [-0.39, 0.29) is 36.8 Å². The van der Waals surface area contributed by atoms with Crippen LogP contribution < -0.4 is 10.6 Å². The summed E-state index contributed by atoms with van der Waals surface area (Å²) in [5, 5.41) is 9.09. The first-order valence-electron chi connectivity index (χ1n) is 5.18. The summed E-state index contributed by atoms with van der Waals surface area (Å²) in [4.78, 5) is 15.9. The molecule has 17 heavy (non-hydrogen) atoms. The normalized spacial score (nSPS) is 18.1. The first kappa shape index (κ1) is 16.6. The van der Waals surface area contributed by atoms with Gasteiger partial charge in [0.2, 0.25) is 5.91 Å². The van der Waals surface area contributed by atoms with Crippen molar-refractivity contribution in [2.45, 2.75) is 32.4 Å². The molecule has 1 aromatic rings. The monoisotopic (exact) mass is 297 g/mol. The molecule has 1 atom stereocenters. The average Bonchev–Trinajstić information content (AvgIpc) is 2.84. The van der Waals surface area contributed by atoms with Gasteiger partial charge < -0.3 is 10.6 Å². The first-order valence-corrected chi connectivity index (χ1v) is 6.06. The van der Waals surface area contributed by atoms with Crippen LogP contribution in [0.1, 0.15) is 23.5 Å². The van der Waals surface area contributed by atoms with Gasteiger partial charge in [-0.2, -0.15) is 0 Å². The smallest absolute Gasteiger partial charge is 0.237 e. The summed E-state index contributed by atoms with van der Waals surface area (Å²) in [7, 11) is 0. The molecule has 1 unspecified atom stereocenters. The highest BCUT2D eigenvalue weighted by Crippen LogP contribution is 2.08. The summed E-state index contributed by atoms with van der Waals surface area (Å²) < 4.78 is 0. The highest BCUT2D eigenvalue weighted by molar-refractivity contribution is 7.09. The number of halogens is 2. The van der Waals surface area contributed by atoms with Gasteiger partial charge in [0.25, 0.3) is 0 Å². The molecule has 0 bridgehead atoms. The summed E-state index contributed by atoms with van der Waals surface area (Å²) >= 11 is 1.61. The van der Waals surface area contributed by atoms with E-state index in [9.17, 15) is 4.79 Å². The second kappa shape index (κ2) is 7.87. The Balaban J connectivity index is 0.00000128. The number of nitrogens with zero attached hydrogens (tertiary/aromatic N) is 1. The number of aromatic nitrogens is 1. The van der Waals surface area contributed by atoms with Crippen LogP contribution in [0.2, 0.25) is 0 Å². The van der Waals surface area contributed by atoms with Gasteiger partial charge in [-0.3, -0.25) is 4.79 Å². The molecular formula is C10H17Cl2N3OS. The second-order valence-electron chi connectivity index (χ2n) is 3.72. The quantitative estimate of drug-likeness (QED) is 0.892. The number of thiazole rings is 1. The molecule has 0 aliphatic carbocycles. The number of nitrogens with one attached hydrogen (secondary N) is 2. The molecule has 0 aromatic carbocycles. The van der Waals surface area contributed by atoms with Crippen LogP contribution in [0.4, 0.5) is 0 Å². The van der Waals surface area contributed by atoms with Crippen molar-refractivity contribution in [3.05, 3.63) is 16.1 Å². The van der Waals surface area contributed by atoms with Crippen molar-refractivity contribution in [3.63, 3.8) is 0 Å². The number of hydrogen-bond acceptors (Lipinski definition) is 4. The van der Waals surface area contributed by atoms with Crippen LogP contribution in [0, 0.1) is 6.92 Å². The molecule has 2 heterocycles. The molecule has 0 spiro atoms. The van der Waals surface area contributed by atoms with E-state index in [4.69, 9.17) is 0 Å². The Morgan fingerprint density at radius 1 is 1.65 bits per heavy atom. The van der Waals surface area contributed by atoms with Gasteiger partial charge in [-0.15, -0.1) is 36.2 Å². The number of carbonyl (C=O) groups is 1. The average molecular weight is 298 g/mol. The molecule has 1 fully saturated rings. The van der Waals surface area contributed by atoms with E-state index in [1.165, 1.54) is 0 Å². The molecule has 98 valence electrons. The van der Waals surface area contributed by atoms with E-state index < -0.39 is 0 Å². The predicted molar refractivity (Wildman–Crippen MR) is 74.2 cm³/mol. The van der Waals surface area contributed by atoms with E-state index >= 15 is 0 Å². The molecule has 0 radical (unpaired) electrons. The van der Waals surface area contributed by atoms with Crippen LogP contribution in [0.25, 0.3) is 0 Å². The number of aryl methyl sites for hydroxylation is 1. The Hall–Kier alpha value is -0.360. The van der Waals surface area contributed by atoms with Gasteiger partial charge in [0.1, 0.15) is 0 Å². The van der Waals surface area contributed by atoms with Crippen LogP contribution in [0.5, 0.6) is 0 Å². The van der Waals surface area contributed by atoms with Crippen LogP contribution in [-0.4, -0.2) is 23.5 Å². The number of amides is 1. The van der Waals surface area contributed by atoms with Crippen LogP contribution >= 0.6 is 36.2 Å². The molecule has 7 heteroatoms. The summed E-state index contributed by atoms with van der Waals surface area (Å²) in [6.07, 6.45) is 2.04. The fourth-order valence-electron chi connectivity index (χ4n) is 1.70. The van der Waals surface area contributed by atoms with Gasteiger partial charge in [0.05, 0.1) is 23.3 Å². The number of carbonyl (C=O) groups excluding carboxylic acids is 1. The fourth-order valence-corrected chi connectivity index (χ4v) is 2.31. The summed E-state index contributed by atoms with van der Waals surface area (Å²) in [6.45, 7) is 3.46.